The number of benzene rings is 1. The van der Waals surface area contributed by atoms with Crippen molar-refractivity contribution in [1.29, 1.82) is 0 Å². The van der Waals surface area contributed by atoms with Crippen LogP contribution in [0.1, 0.15) is 51.4 Å². The van der Waals surface area contributed by atoms with Crippen LogP contribution in [0.15, 0.2) is 28.8 Å². The SMILES string of the molecule is COc1ccc(-c2noc(N3CCC[C@@H](C(=O)NCCOC45CC6CC(CC(C6)C4)C5)C3)n2)cc1. The molecule has 5 aliphatic rings. The second-order valence-corrected chi connectivity index (χ2v) is 11.2. The first-order valence-corrected chi connectivity index (χ1v) is 13.2. The molecular weight excluding hydrogens is 444 g/mol. The minimum atomic E-state index is -0.0837. The van der Waals surface area contributed by atoms with Gasteiger partial charge in [0.15, 0.2) is 0 Å². The maximum Gasteiger partial charge on any atom is 0.324 e. The number of methoxy groups -OCH3 is 1. The summed E-state index contributed by atoms with van der Waals surface area (Å²) >= 11 is 0. The Hall–Kier alpha value is -2.61. The number of amides is 1. The van der Waals surface area contributed by atoms with Crippen molar-refractivity contribution in [2.45, 2.75) is 57.0 Å². The topological polar surface area (TPSA) is 89.7 Å². The number of carbonyl (C=O) groups is 1. The zero-order valence-corrected chi connectivity index (χ0v) is 20.6. The Balaban J connectivity index is 0.990. The van der Waals surface area contributed by atoms with E-state index in [4.69, 9.17) is 14.0 Å². The average molecular weight is 481 g/mol. The van der Waals surface area contributed by atoms with Crippen LogP contribution in [0.4, 0.5) is 6.01 Å². The van der Waals surface area contributed by atoms with E-state index in [1.165, 1.54) is 38.5 Å². The molecule has 1 amide bonds. The summed E-state index contributed by atoms with van der Waals surface area (Å²) in [5, 5.41) is 7.27. The molecule has 1 saturated heterocycles. The van der Waals surface area contributed by atoms with E-state index >= 15 is 0 Å². The number of anilines is 1. The molecule has 8 nitrogen and oxygen atoms in total. The van der Waals surface area contributed by atoms with Crippen LogP contribution < -0.4 is 15.0 Å². The Kier molecular flexibility index (Phi) is 6.16. The average Bonchev–Trinajstić information content (AvgIpc) is 3.36. The van der Waals surface area contributed by atoms with Gasteiger partial charge < -0.3 is 24.2 Å². The standard InChI is InChI=1S/C27H36N4O4/c1-33-23-6-4-21(5-7-23)24-29-26(35-30-24)31-9-2-3-22(17-31)25(32)28-8-10-34-27-14-18-11-19(15-27)13-20(12-18)16-27/h4-7,18-20,22H,2-3,8-17H2,1H3,(H,28,32)/t18?,19?,20?,22-,27?/m1/s1. The van der Waals surface area contributed by atoms with Crippen LogP contribution in [0.5, 0.6) is 5.75 Å². The molecule has 8 heteroatoms. The number of rotatable bonds is 8. The molecule has 0 radical (unpaired) electrons. The van der Waals surface area contributed by atoms with Gasteiger partial charge in [-0.2, -0.15) is 4.98 Å². The molecule has 2 aromatic rings. The van der Waals surface area contributed by atoms with Crippen molar-refractivity contribution >= 4 is 11.9 Å². The third kappa shape index (κ3) is 4.77. The van der Waals surface area contributed by atoms with Crippen LogP contribution in [0, 0.1) is 23.7 Å². The van der Waals surface area contributed by atoms with Crippen LogP contribution in [0.25, 0.3) is 11.4 Å². The molecule has 2 heterocycles. The first-order chi connectivity index (χ1) is 17.1. The highest BCUT2D eigenvalue weighted by atomic mass is 16.5. The summed E-state index contributed by atoms with van der Waals surface area (Å²) in [4.78, 5) is 19.5. The fraction of sp³-hybridized carbons (Fsp3) is 0.667. The Labute approximate surface area is 206 Å². The Morgan fingerprint density at radius 2 is 1.86 bits per heavy atom. The van der Waals surface area contributed by atoms with E-state index in [-0.39, 0.29) is 17.4 Å². The lowest BCUT2D eigenvalue weighted by Crippen LogP contribution is -2.52. The first-order valence-electron chi connectivity index (χ1n) is 13.2. The van der Waals surface area contributed by atoms with Gasteiger partial charge in [0.25, 0.3) is 0 Å². The Bertz CT molecular complexity index is 1000. The van der Waals surface area contributed by atoms with Gasteiger partial charge in [0.1, 0.15) is 5.75 Å². The monoisotopic (exact) mass is 480 g/mol. The van der Waals surface area contributed by atoms with Gasteiger partial charge >= 0.3 is 6.01 Å². The number of nitrogens with zero attached hydrogens (tertiary/aromatic N) is 3. The summed E-state index contributed by atoms with van der Waals surface area (Å²) in [6, 6.07) is 8.04. The molecule has 1 aliphatic heterocycles. The predicted octanol–water partition coefficient (Wildman–Crippen LogP) is 4.06. The van der Waals surface area contributed by atoms with Crippen LogP contribution in [-0.4, -0.2) is 55.0 Å². The fourth-order valence-electron chi connectivity index (χ4n) is 7.36. The van der Waals surface area contributed by atoms with Gasteiger partial charge in [-0.15, -0.1) is 0 Å². The Morgan fingerprint density at radius 3 is 2.54 bits per heavy atom. The molecule has 4 aliphatic carbocycles. The van der Waals surface area contributed by atoms with Crippen molar-refractivity contribution in [3.8, 4) is 17.1 Å². The highest BCUT2D eigenvalue weighted by Crippen LogP contribution is 2.57. The van der Waals surface area contributed by atoms with Gasteiger partial charge in [-0.25, -0.2) is 0 Å². The van der Waals surface area contributed by atoms with Crippen molar-refractivity contribution in [2.24, 2.45) is 23.7 Å². The Morgan fingerprint density at radius 1 is 1.14 bits per heavy atom. The lowest BCUT2D eigenvalue weighted by Gasteiger charge is -2.56. The van der Waals surface area contributed by atoms with E-state index in [9.17, 15) is 4.79 Å². The largest absolute Gasteiger partial charge is 0.497 e. The van der Waals surface area contributed by atoms with Crippen LogP contribution in [-0.2, 0) is 9.53 Å². The lowest BCUT2D eigenvalue weighted by molar-refractivity contribution is -0.162. The van der Waals surface area contributed by atoms with E-state index in [2.05, 4.69) is 15.5 Å². The van der Waals surface area contributed by atoms with Crippen molar-refractivity contribution in [3.05, 3.63) is 24.3 Å². The van der Waals surface area contributed by atoms with Gasteiger partial charge in [0.2, 0.25) is 11.7 Å². The van der Waals surface area contributed by atoms with Crippen LogP contribution in [0.3, 0.4) is 0 Å². The number of piperidine rings is 1. The van der Waals surface area contributed by atoms with Crippen molar-refractivity contribution < 1.29 is 18.8 Å². The molecule has 1 aromatic carbocycles. The molecule has 35 heavy (non-hydrogen) atoms. The summed E-state index contributed by atoms with van der Waals surface area (Å²) in [7, 11) is 1.64. The highest BCUT2D eigenvalue weighted by molar-refractivity contribution is 5.79. The number of aromatic nitrogens is 2. The molecule has 0 unspecified atom stereocenters. The van der Waals surface area contributed by atoms with Crippen molar-refractivity contribution in [1.82, 2.24) is 15.5 Å². The first kappa shape index (κ1) is 22.8. The second-order valence-electron chi connectivity index (χ2n) is 11.2. The van der Waals surface area contributed by atoms with Gasteiger partial charge in [-0.1, -0.05) is 5.16 Å². The van der Waals surface area contributed by atoms with E-state index < -0.39 is 0 Å². The molecule has 4 saturated carbocycles. The highest BCUT2D eigenvalue weighted by Gasteiger charge is 2.51. The molecule has 0 spiro atoms. The van der Waals surface area contributed by atoms with Crippen molar-refractivity contribution in [2.75, 3.05) is 38.3 Å². The maximum atomic E-state index is 12.9. The second kappa shape index (κ2) is 9.45. The van der Waals surface area contributed by atoms with E-state index in [0.717, 1.165) is 48.5 Å². The molecule has 1 atom stereocenters. The van der Waals surface area contributed by atoms with Gasteiger partial charge in [-0.3, -0.25) is 4.79 Å². The third-order valence-corrected chi connectivity index (χ3v) is 8.62. The van der Waals surface area contributed by atoms with E-state index in [0.29, 0.717) is 31.5 Å². The van der Waals surface area contributed by atoms with Gasteiger partial charge in [0.05, 0.1) is 25.2 Å². The normalized spacial score (nSPS) is 31.5. The number of hydrogen-bond acceptors (Lipinski definition) is 7. The molecule has 1 N–H and O–H groups in total. The van der Waals surface area contributed by atoms with Crippen LogP contribution >= 0.6 is 0 Å². The molecule has 5 fully saturated rings. The van der Waals surface area contributed by atoms with Crippen LogP contribution in [0.2, 0.25) is 0 Å². The summed E-state index contributed by atoms with van der Waals surface area (Å²) < 4.78 is 17.2. The number of nitrogens with one attached hydrogen (secondary N) is 1. The summed E-state index contributed by atoms with van der Waals surface area (Å²) in [5.41, 5.74) is 0.965. The maximum absolute atomic E-state index is 12.9. The zero-order valence-electron chi connectivity index (χ0n) is 20.6. The number of hydrogen-bond donors (Lipinski definition) is 1. The zero-order chi connectivity index (χ0) is 23.8. The van der Waals surface area contributed by atoms with Gasteiger partial charge in [0, 0.05) is 25.2 Å². The fourth-order valence-corrected chi connectivity index (χ4v) is 7.36. The van der Waals surface area contributed by atoms with E-state index in [1.54, 1.807) is 7.11 Å². The predicted molar refractivity (Wildman–Crippen MR) is 131 cm³/mol. The van der Waals surface area contributed by atoms with Gasteiger partial charge in [-0.05, 0) is 93.4 Å². The number of ether oxygens (including phenoxy) is 2. The van der Waals surface area contributed by atoms with Crippen molar-refractivity contribution in [3.63, 3.8) is 0 Å². The van der Waals surface area contributed by atoms with E-state index in [1.807, 2.05) is 29.2 Å². The minimum Gasteiger partial charge on any atom is -0.497 e. The molecular formula is C27H36N4O4. The quantitative estimate of drug-likeness (QED) is 0.570. The molecule has 1 aromatic heterocycles. The molecule has 4 bridgehead atoms. The minimum absolute atomic E-state index is 0.0837. The summed E-state index contributed by atoms with van der Waals surface area (Å²) in [6.45, 7) is 2.59. The third-order valence-electron chi connectivity index (χ3n) is 8.62. The smallest absolute Gasteiger partial charge is 0.324 e. The number of carbonyl (C=O) groups excluding carboxylic acids is 1. The summed E-state index contributed by atoms with van der Waals surface area (Å²) in [5.74, 6) is 3.96. The molecule has 7 rings (SSSR count). The molecule has 188 valence electrons. The summed E-state index contributed by atoms with van der Waals surface area (Å²) in [6.07, 6.45) is 9.73. The lowest BCUT2D eigenvalue weighted by atomic mass is 9.54.